The van der Waals surface area contributed by atoms with Gasteiger partial charge in [-0.1, -0.05) is 12.8 Å². The van der Waals surface area contributed by atoms with E-state index in [-0.39, 0.29) is 18.1 Å². The summed E-state index contributed by atoms with van der Waals surface area (Å²) in [5, 5.41) is 0. The van der Waals surface area contributed by atoms with E-state index < -0.39 is 15.9 Å². The lowest BCUT2D eigenvalue weighted by Crippen LogP contribution is -2.48. The van der Waals surface area contributed by atoms with Gasteiger partial charge in [-0.3, -0.25) is 4.79 Å². The summed E-state index contributed by atoms with van der Waals surface area (Å²) < 4.78 is 22.1. The van der Waals surface area contributed by atoms with Crippen molar-refractivity contribution in [1.29, 1.82) is 0 Å². The summed E-state index contributed by atoms with van der Waals surface area (Å²) in [5.41, 5.74) is 5.81. The van der Waals surface area contributed by atoms with E-state index in [0.717, 1.165) is 25.7 Å². The van der Waals surface area contributed by atoms with Crippen molar-refractivity contribution < 1.29 is 13.2 Å². The summed E-state index contributed by atoms with van der Waals surface area (Å²) in [4.78, 5) is 14.0. The van der Waals surface area contributed by atoms with Crippen LogP contribution in [-0.2, 0) is 14.6 Å². The van der Waals surface area contributed by atoms with Crippen LogP contribution >= 0.6 is 0 Å². The van der Waals surface area contributed by atoms with Gasteiger partial charge in [-0.05, 0) is 26.2 Å². The van der Waals surface area contributed by atoms with Gasteiger partial charge in [-0.15, -0.1) is 0 Å². The lowest BCUT2D eigenvalue weighted by molar-refractivity contribution is -0.134. The fourth-order valence-corrected chi connectivity index (χ4v) is 3.17. The molecule has 1 aliphatic carbocycles. The first-order valence-corrected chi connectivity index (χ1v) is 8.65. The number of nitrogens with two attached hydrogens (primary N) is 1. The largest absolute Gasteiger partial charge is 0.339 e. The third-order valence-electron chi connectivity index (χ3n) is 3.51. The molecule has 18 heavy (non-hydrogen) atoms. The fraction of sp³-hybridized carbons (Fsp3) is 0.917. The lowest BCUT2D eigenvalue weighted by Gasteiger charge is -2.30. The second kappa shape index (κ2) is 6.52. The Morgan fingerprint density at radius 2 is 1.94 bits per heavy atom. The fourth-order valence-electron chi connectivity index (χ4n) is 2.49. The highest BCUT2D eigenvalue weighted by Crippen LogP contribution is 2.23. The van der Waals surface area contributed by atoms with Crippen molar-refractivity contribution in [2.24, 2.45) is 5.73 Å². The van der Waals surface area contributed by atoms with Gasteiger partial charge in [0.2, 0.25) is 5.91 Å². The highest BCUT2D eigenvalue weighted by atomic mass is 32.2. The standard InChI is InChI=1S/C12H24N2O3S/c1-3-14(10-6-4-5-7-10)12(15)11(13)8-9-18(2,16)17/h10-11H,3-9,13H2,1-2H3. The van der Waals surface area contributed by atoms with Gasteiger partial charge in [0.15, 0.2) is 0 Å². The molecule has 0 bridgehead atoms. The summed E-state index contributed by atoms with van der Waals surface area (Å²) in [6, 6.07) is -0.396. The topological polar surface area (TPSA) is 80.5 Å². The Kier molecular flexibility index (Phi) is 5.59. The minimum Gasteiger partial charge on any atom is -0.339 e. The third-order valence-corrected chi connectivity index (χ3v) is 4.48. The Hall–Kier alpha value is -0.620. The summed E-state index contributed by atoms with van der Waals surface area (Å²) in [6.07, 6.45) is 5.77. The molecule has 1 unspecified atom stereocenters. The number of amides is 1. The van der Waals surface area contributed by atoms with Crippen molar-refractivity contribution in [3.05, 3.63) is 0 Å². The van der Waals surface area contributed by atoms with Gasteiger partial charge in [0.1, 0.15) is 9.84 Å². The number of nitrogens with zero attached hydrogens (tertiary/aromatic N) is 1. The summed E-state index contributed by atoms with van der Waals surface area (Å²) in [7, 11) is -3.05. The molecule has 0 spiro atoms. The molecule has 106 valence electrons. The van der Waals surface area contributed by atoms with Crippen LogP contribution in [0.25, 0.3) is 0 Å². The number of carbonyl (C=O) groups excluding carboxylic acids is 1. The van der Waals surface area contributed by atoms with Crippen molar-refractivity contribution in [1.82, 2.24) is 4.90 Å². The van der Waals surface area contributed by atoms with E-state index in [1.54, 1.807) is 0 Å². The molecule has 1 fully saturated rings. The maximum absolute atomic E-state index is 12.2. The normalized spacial score (nSPS) is 18.8. The van der Waals surface area contributed by atoms with Crippen LogP contribution in [0.4, 0.5) is 0 Å². The molecule has 0 aromatic carbocycles. The van der Waals surface area contributed by atoms with Crippen molar-refractivity contribution >= 4 is 15.7 Å². The second-order valence-corrected chi connectivity index (χ2v) is 7.35. The first kappa shape index (κ1) is 15.4. The van der Waals surface area contributed by atoms with E-state index in [9.17, 15) is 13.2 Å². The SMILES string of the molecule is CCN(C(=O)C(N)CCS(C)(=O)=O)C1CCCC1. The Morgan fingerprint density at radius 1 is 1.39 bits per heavy atom. The molecule has 1 amide bonds. The zero-order chi connectivity index (χ0) is 13.8. The van der Waals surface area contributed by atoms with Crippen molar-refractivity contribution in [2.75, 3.05) is 18.6 Å². The molecule has 5 nitrogen and oxygen atoms in total. The minimum absolute atomic E-state index is 0.0257. The molecule has 2 N–H and O–H groups in total. The molecule has 0 heterocycles. The second-order valence-electron chi connectivity index (χ2n) is 5.09. The minimum atomic E-state index is -3.05. The average molecular weight is 276 g/mol. The Balaban J connectivity index is 2.54. The Bertz CT molecular complexity index is 375. The molecule has 0 aromatic heterocycles. The summed E-state index contributed by atoms with van der Waals surface area (Å²) in [6.45, 7) is 2.59. The lowest BCUT2D eigenvalue weighted by atomic mass is 10.1. The summed E-state index contributed by atoms with van der Waals surface area (Å²) in [5.74, 6) is -0.129. The number of rotatable bonds is 6. The zero-order valence-electron chi connectivity index (χ0n) is 11.3. The van der Waals surface area contributed by atoms with E-state index in [4.69, 9.17) is 5.73 Å². The van der Waals surface area contributed by atoms with Gasteiger partial charge >= 0.3 is 0 Å². The van der Waals surface area contributed by atoms with Gasteiger partial charge in [0.05, 0.1) is 11.8 Å². The van der Waals surface area contributed by atoms with Crippen LogP contribution in [0.3, 0.4) is 0 Å². The van der Waals surface area contributed by atoms with Gasteiger partial charge in [0, 0.05) is 18.8 Å². The number of hydrogen-bond acceptors (Lipinski definition) is 4. The number of sulfone groups is 1. The van der Waals surface area contributed by atoms with Crippen LogP contribution in [-0.4, -0.2) is 49.9 Å². The Morgan fingerprint density at radius 3 is 2.39 bits per heavy atom. The number of hydrogen-bond donors (Lipinski definition) is 1. The predicted molar refractivity (Wildman–Crippen MR) is 71.9 cm³/mol. The number of carbonyl (C=O) groups is 1. The molecule has 1 aliphatic rings. The monoisotopic (exact) mass is 276 g/mol. The molecule has 1 saturated carbocycles. The van der Waals surface area contributed by atoms with E-state index >= 15 is 0 Å². The molecule has 0 aliphatic heterocycles. The molecule has 6 heteroatoms. The molecular weight excluding hydrogens is 252 g/mol. The van der Waals surface area contributed by atoms with Crippen molar-refractivity contribution in [3.63, 3.8) is 0 Å². The van der Waals surface area contributed by atoms with E-state index in [0.29, 0.717) is 12.6 Å². The first-order chi connectivity index (χ1) is 8.35. The van der Waals surface area contributed by atoms with E-state index in [2.05, 4.69) is 0 Å². The maximum Gasteiger partial charge on any atom is 0.239 e. The van der Waals surface area contributed by atoms with Gasteiger partial charge in [-0.2, -0.15) is 0 Å². The van der Waals surface area contributed by atoms with Crippen LogP contribution < -0.4 is 5.73 Å². The highest BCUT2D eigenvalue weighted by Gasteiger charge is 2.28. The Labute approximate surface area is 110 Å². The van der Waals surface area contributed by atoms with E-state index in [1.807, 2.05) is 11.8 Å². The van der Waals surface area contributed by atoms with Gasteiger partial charge in [0.25, 0.3) is 0 Å². The van der Waals surface area contributed by atoms with Crippen molar-refractivity contribution in [3.8, 4) is 0 Å². The quantitative estimate of drug-likeness (QED) is 0.768. The maximum atomic E-state index is 12.2. The van der Waals surface area contributed by atoms with Crippen LogP contribution in [0, 0.1) is 0 Å². The zero-order valence-corrected chi connectivity index (χ0v) is 12.1. The van der Waals surface area contributed by atoms with Crippen molar-refractivity contribution in [2.45, 2.75) is 51.1 Å². The van der Waals surface area contributed by atoms with Crippen LogP contribution in [0.5, 0.6) is 0 Å². The van der Waals surface area contributed by atoms with Gasteiger partial charge < -0.3 is 10.6 Å². The smallest absolute Gasteiger partial charge is 0.239 e. The molecule has 0 saturated heterocycles. The number of likely N-dealkylation sites (N-methyl/N-ethyl adjacent to an activating group) is 1. The average Bonchev–Trinajstić information content (AvgIpc) is 2.79. The molecule has 0 aromatic rings. The van der Waals surface area contributed by atoms with Crippen LogP contribution in [0.15, 0.2) is 0 Å². The third kappa shape index (κ3) is 4.57. The summed E-state index contributed by atoms with van der Waals surface area (Å²) >= 11 is 0. The molecule has 1 rings (SSSR count). The van der Waals surface area contributed by atoms with Crippen LogP contribution in [0.2, 0.25) is 0 Å². The molecule has 0 radical (unpaired) electrons. The molecular formula is C12H24N2O3S. The van der Waals surface area contributed by atoms with Crippen LogP contribution in [0.1, 0.15) is 39.0 Å². The first-order valence-electron chi connectivity index (χ1n) is 6.59. The molecule has 1 atom stereocenters. The highest BCUT2D eigenvalue weighted by molar-refractivity contribution is 7.90. The predicted octanol–water partition coefficient (Wildman–Crippen LogP) is 0.539. The van der Waals surface area contributed by atoms with Gasteiger partial charge in [-0.25, -0.2) is 8.42 Å². The van der Waals surface area contributed by atoms with E-state index in [1.165, 1.54) is 6.26 Å².